The average Bonchev–Trinajstić information content (AvgIpc) is 2.55. The molecule has 0 radical (unpaired) electrons. The van der Waals surface area contributed by atoms with Gasteiger partial charge < -0.3 is 14.8 Å². The number of ether oxygens (including phenoxy) is 2. The second kappa shape index (κ2) is 6.48. The first kappa shape index (κ1) is 15.0. The zero-order valence-corrected chi connectivity index (χ0v) is 13.3. The van der Waals surface area contributed by atoms with E-state index in [9.17, 15) is 0 Å². The van der Waals surface area contributed by atoms with Crippen LogP contribution in [-0.4, -0.2) is 28.2 Å². The Bertz CT molecular complexity index is 815. The third-order valence-electron chi connectivity index (χ3n) is 3.19. The van der Waals surface area contributed by atoms with E-state index in [-0.39, 0.29) is 6.10 Å². The number of aromatic nitrogens is 3. The van der Waals surface area contributed by atoms with Crippen molar-refractivity contribution in [2.24, 2.45) is 0 Å². The highest BCUT2D eigenvalue weighted by molar-refractivity contribution is 5.95. The van der Waals surface area contributed by atoms with Gasteiger partial charge in [0.1, 0.15) is 17.9 Å². The molecule has 2 heterocycles. The van der Waals surface area contributed by atoms with Crippen LogP contribution in [0.2, 0.25) is 0 Å². The number of benzene rings is 1. The van der Waals surface area contributed by atoms with Crippen LogP contribution in [0.5, 0.6) is 11.6 Å². The summed E-state index contributed by atoms with van der Waals surface area (Å²) in [5.41, 5.74) is 1.65. The van der Waals surface area contributed by atoms with Crippen molar-refractivity contribution in [1.82, 2.24) is 15.0 Å². The van der Waals surface area contributed by atoms with E-state index in [1.54, 1.807) is 19.4 Å². The summed E-state index contributed by atoms with van der Waals surface area (Å²) >= 11 is 0. The summed E-state index contributed by atoms with van der Waals surface area (Å²) in [6, 6.07) is 9.43. The van der Waals surface area contributed by atoms with Crippen molar-refractivity contribution >= 4 is 22.4 Å². The minimum Gasteiger partial charge on any atom is -0.490 e. The van der Waals surface area contributed by atoms with Gasteiger partial charge in [0, 0.05) is 18.0 Å². The Labute approximate surface area is 134 Å². The van der Waals surface area contributed by atoms with Crippen molar-refractivity contribution in [2.75, 3.05) is 12.4 Å². The first-order valence-corrected chi connectivity index (χ1v) is 7.35. The minimum atomic E-state index is 0.0645. The summed E-state index contributed by atoms with van der Waals surface area (Å²) in [5, 5.41) is 4.13. The molecule has 1 N–H and O–H groups in total. The Kier molecular flexibility index (Phi) is 4.23. The van der Waals surface area contributed by atoms with Crippen LogP contribution in [0.3, 0.4) is 0 Å². The number of methoxy groups -OCH3 is 1. The van der Waals surface area contributed by atoms with Gasteiger partial charge in [0.05, 0.1) is 24.1 Å². The molecule has 118 valence electrons. The van der Waals surface area contributed by atoms with Gasteiger partial charge in [-0.2, -0.15) is 0 Å². The molecule has 3 aromatic rings. The van der Waals surface area contributed by atoms with Crippen LogP contribution in [0.15, 0.2) is 42.9 Å². The Morgan fingerprint density at radius 3 is 2.74 bits per heavy atom. The summed E-state index contributed by atoms with van der Waals surface area (Å²) in [7, 11) is 1.58. The number of fused-ring (bicyclic) bond motifs is 1. The predicted molar refractivity (Wildman–Crippen MR) is 89.4 cm³/mol. The Morgan fingerprint density at radius 1 is 1.09 bits per heavy atom. The van der Waals surface area contributed by atoms with E-state index in [1.807, 2.05) is 38.1 Å². The van der Waals surface area contributed by atoms with Gasteiger partial charge in [0.15, 0.2) is 0 Å². The van der Waals surface area contributed by atoms with E-state index < -0.39 is 0 Å². The van der Waals surface area contributed by atoms with Crippen LogP contribution in [0.25, 0.3) is 10.9 Å². The van der Waals surface area contributed by atoms with Crippen molar-refractivity contribution in [1.29, 1.82) is 0 Å². The molecule has 0 saturated carbocycles. The monoisotopic (exact) mass is 310 g/mol. The fraction of sp³-hybridized carbons (Fsp3) is 0.235. The van der Waals surface area contributed by atoms with Crippen molar-refractivity contribution in [3.63, 3.8) is 0 Å². The van der Waals surface area contributed by atoms with Gasteiger partial charge in [0.2, 0.25) is 5.88 Å². The van der Waals surface area contributed by atoms with E-state index in [0.717, 1.165) is 22.3 Å². The molecule has 6 nitrogen and oxygen atoms in total. The number of nitrogens with one attached hydrogen (secondary N) is 1. The second-order valence-electron chi connectivity index (χ2n) is 5.25. The third-order valence-corrected chi connectivity index (χ3v) is 3.19. The lowest BCUT2D eigenvalue weighted by Gasteiger charge is -2.15. The summed E-state index contributed by atoms with van der Waals surface area (Å²) in [5.74, 6) is 1.97. The number of rotatable bonds is 5. The molecule has 0 amide bonds. The van der Waals surface area contributed by atoms with Crippen LogP contribution in [0, 0.1) is 0 Å². The molecule has 1 aromatic carbocycles. The molecule has 0 fully saturated rings. The average molecular weight is 310 g/mol. The molecule has 0 aliphatic heterocycles. The number of hydrogen-bond donors (Lipinski definition) is 1. The van der Waals surface area contributed by atoms with Crippen molar-refractivity contribution in [3.05, 3.63) is 42.9 Å². The molecular weight excluding hydrogens is 292 g/mol. The highest BCUT2D eigenvalue weighted by Gasteiger charge is 2.11. The fourth-order valence-electron chi connectivity index (χ4n) is 2.26. The van der Waals surface area contributed by atoms with E-state index >= 15 is 0 Å². The molecule has 2 aromatic heterocycles. The molecule has 0 atom stereocenters. The smallest absolute Gasteiger partial charge is 0.214 e. The number of hydrogen-bond acceptors (Lipinski definition) is 6. The molecule has 0 saturated heterocycles. The standard InChI is InChI=1S/C17H18N4O2/c1-11(2)23-14-6-4-5-13-16(14)17(20-10-19-13)21-12-7-8-18-15(9-12)22-3/h4-11H,1-3H3,(H,18,19,20,21). The maximum Gasteiger partial charge on any atom is 0.214 e. The quantitative estimate of drug-likeness (QED) is 0.777. The summed E-state index contributed by atoms with van der Waals surface area (Å²) in [6.07, 6.45) is 3.27. The van der Waals surface area contributed by atoms with Crippen molar-refractivity contribution in [3.8, 4) is 11.6 Å². The van der Waals surface area contributed by atoms with Crippen LogP contribution in [0.4, 0.5) is 11.5 Å². The van der Waals surface area contributed by atoms with Crippen LogP contribution in [0.1, 0.15) is 13.8 Å². The van der Waals surface area contributed by atoms with E-state index in [2.05, 4.69) is 20.3 Å². The third kappa shape index (κ3) is 3.31. The zero-order valence-electron chi connectivity index (χ0n) is 13.3. The van der Waals surface area contributed by atoms with Crippen LogP contribution >= 0.6 is 0 Å². The van der Waals surface area contributed by atoms with E-state index in [4.69, 9.17) is 9.47 Å². The number of anilines is 2. The van der Waals surface area contributed by atoms with E-state index in [1.165, 1.54) is 6.33 Å². The Balaban J connectivity index is 2.06. The predicted octanol–water partition coefficient (Wildman–Crippen LogP) is 3.56. The molecule has 0 aliphatic carbocycles. The van der Waals surface area contributed by atoms with Gasteiger partial charge in [-0.15, -0.1) is 0 Å². The Hall–Kier alpha value is -2.89. The molecule has 3 rings (SSSR count). The van der Waals surface area contributed by atoms with Crippen molar-refractivity contribution in [2.45, 2.75) is 20.0 Å². The van der Waals surface area contributed by atoms with Gasteiger partial charge in [0.25, 0.3) is 0 Å². The number of nitrogens with zero attached hydrogens (tertiary/aromatic N) is 3. The lowest BCUT2D eigenvalue weighted by Crippen LogP contribution is -2.07. The molecule has 0 bridgehead atoms. The summed E-state index contributed by atoms with van der Waals surface area (Å²) in [6.45, 7) is 3.98. The molecule has 0 unspecified atom stereocenters. The first-order valence-electron chi connectivity index (χ1n) is 7.35. The van der Waals surface area contributed by atoms with Gasteiger partial charge in [-0.05, 0) is 32.0 Å². The SMILES string of the molecule is COc1cc(Nc2ncnc3cccc(OC(C)C)c23)ccn1. The highest BCUT2D eigenvalue weighted by Crippen LogP contribution is 2.32. The van der Waals surface area contributed by atoms with E-state index in [0.29, 0.717) is 11.7 Å². The zero-order chi connectivity index (χ0) is 16.2. The van der Waals surface area contributed by atoms with Gasteiger partial charge in [-0.1, -0.05) is 6.07 Å². The maximum atomic E-state index is 5.89. The maximum absolute atomic E-state index is 5.89. The van der Waals surface area contributed by atoms with Crippen LogP contribution < -0.4 is 14.8 Å². The van der Waals surface area contributed by atoms with Gasteiger partial charge >= 0.3 is 0 Å². The topological polar surface area (TPSA) is 69.2 Å². The van der Waals surface area contributed by atoms with Gasteiger partial charge in [-0.3, -0.25) is 0 Å². The largest absolute Gasteiger partial charge is 0.490 e. The lowest BCUT2D eigenvalue weighted by atomic mass is 10.2. The van der Waals surface area contributed by atoms with Crippen molar-refractivity contribution < 1.29 is 9.47 Å². The normalized spacial score (nSPS) is 10.8. The van der Waals surface area contributed by atoms with Crippen LogP contribution in [-0.2, 0) is 0 Å². The Morgan fingerprint density at radius 2 is 1.96 bits per heavy atom. The first-order chi connectivity index (χ1) is 11.2. The molecular formula is C17H18N4O2. The fourth-order valence-corrected chi connectivity index (χ4v) is 2.26. The highest BCUT2D eigenvalue weighted by atomic mass is 16.5. The minimum absolute atomic E-state index is 0.0645. The summed E-state index contributed by atoms with van der Waals surface area (Å²) < 4.78 is 11.0. The molecule has 23 heavy (non-hydrogen) atoms. The second-order valence-corrected chi connectivity index (χ2v) is 5.25. The molecule has 0 aliphatic rings. The number of pyridine rings is 1. The lowest BCUT2D eigenvalue weighted by molar-refractivity contribution is 0.245. The summed E-state index contributed by atoms with van der Waals surface area (Å²) in [4.78, 5) is 12.8. The van der Waals surface area contributed by atoms with Gasteiger partial charge in [-0.25, -0.2) is 15.0 Å². The molecule has 0 spiro atoms. The molecule has 6 heteroatoms.